The first-order valence-corrected chi connectivity index (χ1v) is 12.3. The number of nitrogens with one attached hydrogen (secondary N) is 2. The maximum absolute atomic E-state index is 9.80. The van der Waals surface area contributed by atoms with Gasteiger partial charge in [0.1, 0.15) is 5.75 Å². The van der Waals surface area contributed by atoms with Gasteiger partial charge in [-0.15, -0.1) is 6.58 Å². The van der Waals surface area contributed by atoms with Crippen molar-refractivity contribution in [2.24, 2.45) is 17.8 Å². The molecular weight excluding hydrogens is 432 g/mol. The van der Waals surface area contributed by atoms with Gasteiger partial charge in [0, 0.05) is 24.2 Å². The monoisotopic (exact) mass is 468 g/mol. The van der Waals surface area contributed by atoms with Crippen molar-refractivity contribution in [1.29, 1.82) is 0 Å². The summed E-state index contributed by atoms with van der Waals surface area (Å²) in [5.74, 6) is 2.28. The molecule has 3 saturated heterocycles. The molecule has 0 saturated carbocycles. The second-order valence-corrected chi connectivity index (χ2v) is 10.1. The van der Waals surface area contributed by atoms with Crippen molar-refractivity contribution in [3.05, 3.63) is 48.7 Å². The van der Waals surface area contributed by atoms with Crippen LogP contribution in [-0.4, -0.2) is 59.0 Å². The lowest BCUT2D eigenvalue weighted by atomic mass is 9.73. The van der Waals surface area contributed by atoms with Gasteiger partial charge in [-0.1, -0.05) is 19.9 Å². The number of nitrogens with zero attached hydrogens (tertiary/aromatic N) is 2. The zero-order valence-electron chi connectivity index (χ0n) is 19.8. The van der Waals surface area contributed by atoms with Crippen LogP contribution in [0.4, 0.5) is 0 Å². The highest BCUT2D eigenvalue weighted by Crippen LogP contribution is 2.42. The Morgan fingerprint density at radius 3 is 2.82 bits per heavy atom. The number of aliphatic hydroxyl groups is 1. The Morgan fingerprint density at radius 1 is 1.36 bits per heavy atom. The van der Waals surface area contributed by atoms with Crippen LogP contribution in [0.3, 0.4) is 0 Å². The summed E-state index contributed by atoms with van der Waals surface area (Å²) >= 11 is 5.76. The largest absolute Gasteiger partial charge is 0.497 e. The Hall–Kier alpha value is -2.22. The number of pyridine rings is 1. The van der Waals surface area contributed by atoms with Crippen LogP contribution in [0.2, 0.25) is 0 Å². The molecule has 3 fully saturated rings. The summed E-state index contributed by atoms with van der Waals surface area (Å²) in [6, 6.07) is 8.33. The van der Waals surface area contributed by atoms with Crippen LogP contribution in [0.5, 0.6) is 5.75 Å². The zero-order chi connectivity index (χ0) is 23.5. The number of aromatic nitrogens is 1. The van der Waals surface area contributed by atoms with Gasteiger partial charge < -0.3 is 20.5 Å². The number of hydrogen-bond acceptors (Lipinski definition) is 5. The fraction of sp³-hybridized carbons (Fsp3) is 0.538. The predicted molar refractivity (Wildman–Crippen MR) is 137 cm³/mol. The van der Waals surface area contributed by atoms with Gasteiger partial charge in [-0.05, 0) is 79.2 Å². The SMILES string of the molecule is C=C[C@H]1CN2CCC1C[C@@H]2[C@@H](NC(=S)N[C@H](CO)C(C)C)c1ccnc2ccc(OC)cc12. The summed E-state index contributed by atoms with van der Waals surface area (Å²) in [6.07, 6.45) is 6.32. The summed E-state index contributed by atoms with van der Waals surface area (Å²) in [6.45, 7) is 10.4. The normalized spacial score (nSPS) is 26.1. The van der Waals surface area contributed by atoms with E-state index in [0.717, 1.165) is 36.2 Å². The fourth-order valence-corrected chi connectivity index (χ4v) is 5.70. The number of piperidine rings is 3. The number of rotatable bonds is 8. The molecule has 0 aliphatic carbocycles. The van der Waals surface area contributed by atoms with E-state index in [1.54, 1.807) is 7.11 Å². The first-order chi connectivity index (χ1) is 15.9. The van der Waals surface area contributed by atoms with Crippen LogP contribution in [0.15, 0.2) is 43.1 Å². The maximum atomic E-state index is 9.80. The molecular formula is C26H36N4O2S. The van der Waals surface area contributed by atoms with Gasteiger partial charge in [-0.25, -0.2) is 0 Å². The first kappa shape index (κ1) is 23.9. The minimum absolute atomic E-state index is 0.0114. The van der Waals surface area contributed by atoms with Crippen LogP contribution in [-0.2, 0) is 0 Å². The molecule has 7 heteroatoms. The molecule has 3 aliphatic heterocycles. The van der Waals surface area contributed by atoms with Crippen LogP contribution < -0.4 is 15.4 Å². The Balaban J connectivity index is 1.70. The third kappa shape index (κ3) is 5.00. The number of fused-ring (bicyclic) bond motifs is 4. The lowest BCUT2D eigenvalue weighted by Crippen LogP contribution is -2.58. The van der Waals surface area contributed by atoms with E-state index in [4.69, 9.17) is 17.0 Å². The van der Waals surface area contributed by atoms with Crippen molar-refractivity contribution in [1.82, 2.24) is 20.5 Å². The fourth-order valence-electron chi connectivity index (χ4n) is 5.42. The molecule has 0 spiro atoms. The van der Waals surface area contributed by atoms with Crippen LogP contribution in [0.25, 0.3) is 10.9 Å². The van der Waals surface area contributed by atoms with E-state index in [1.165, 1.54) is 12.0 Å². The van der Waals surface area contributed by atoms with E-state index in [0.29, 0.717) is 23.0 Å². The van der Waals surface area contributed by atoms with Crippen molar-refractivity contribution in [3.8, 4) is 5.75 Å². The molecule has 0 amide bonds. The number of ether oxygens (including phenoxy) is 1. The van der Waals surface area contributed by atoms with Gasteiger partial charge in [-0.3, -0.25) is 9.88 Å². The van der Waals surface area contributed by atoms with Crippen LogP contribution in [0.1, 0.15) is 38.3 Å². The first-order valence-electron chi connectivity index (χ1n) is 11.9. The van der Waals surface area contributed by atoms with Gasteiger partial charge in [0.15, 0.2) is 5.11 Å². The molecule has 0 radical (unpaired) electrons. The summed E-state index contributed by atoms with van der Waals surface area (Å²) in [5.41, 5.74) is 2.11. The van der Waals surface area contributed by atoms with E-state index >= 15 is 0 Å². The minimum Gasteiger partial charge on any atom is -0.497 e. The Labute approximate surface area is 202 Å². The number of benzene rings is 1. The summed E-state index contributed by atoms with van der Waals surface area (Å²) in [5, 5.41) is 18.4. The van der Waals surface area contributed by atoms with Crippen molar-refractivity contribution >= 4 is 28.2 Å². The lowest BCUT2D eigenvalue weighted by molar-refractivity contribution is 0.00424. The predicted octanol–water partition coefficient (Wildman–Crippen LogP) is 3.66. The summed E-state index contributed by atoms with van der Waals surface area (Å²) < 4.78 is 5.52. The molecule has 5 rings (SSSR count). The molecule has 33 heavy (non-hydrogen) atoms. The van der Waals surface area contributed by atoms with Gasteiger partial charge in [0.05, 0.1) is 31.3 Å². The third-order valence-electron chi connectivity index (χ3n) is 7.46. The molecule has 1 aromatic carbocycles. The van der Waals surface area contributed by atoms with Gasteiger partial charge in [0.25, 0.3) is 0 Å². The summed E-state index contributed by atoms with van der Waals surface area (Å²) in [7, 11) is 1.69. The molecule has 6 atom stereocenters. The van der Waals surface area contributed by atoms with Crippen LogP contribution in [0, 0.1) is 17.8 Å². The van der Waals surface area contributed by atoms with Crippen LogP contribution >= 0.6 is 12.2 Å². The second-order valence-electron chi connectivity index (χ2n) is 9.66. The third-order valence-corrected chi connectivity index (χ3v) is 7.70. The zero-order valence-corrected chi connectivity index (χ0v) is 20.6. The molecule has 3 N–H and O–H groups in total. The van der Waals surface area contributed by atoms with E-state index in [1.807, 2.05) is 18.3 Å². The van der Waals surface area contributed by atoms with Crippen molar-refractivity contribution in [2.45, 2.75) is 44.8 Å². The molecule has 1 aromatic heterocycles. The van der Waals surface area contributed by atoms with E-state index in [9.17, 15) is 5.11 Å². The maximum Gasteiger partial charge on any atom is 0.167 e. The molecule has 2 bridgehead atoms. The highest BCUT2D eigenvalue weighted by molar-refractivity contribution is 7.80. The van der Waals surface area contributed by atoms with Gasteiger partial charge >= 0.3 is 0 Å². The number of aliphatic hydroxyl groups excluding tert-OH is 1. The van der Waals surface area contributed by atoms with Crippen molar-refractivity contribution < 1.29 is 9.84 Å². The Morgan fingerprint density at radius 2 is 2.18 bits per heavy atom. The molecule has 6 nitrogen and oxygen atoms in total. The highest BCUT2D eigenvalue weighted by Gasteiger charge is 2.43. The average Bonchev–Trinajstić information content (AvgIpc) is 2.85. The van der Waals surface area contributed by atoms with E-state index < -0.39 is 0 Å². The van der Waals surface area contributed by atoms with Crippen molar-refractivity contribution in [2.75, 3.05) is 26.8 Å². The highest BCUT2D eigenvalue weighted by atomic mass is 32.1. The van der Waals surface area contributed by atoms with E-state index in [2.05, 4.69) is 59.2 Å². The van der Waals surface area contributed by atoms with Crippen molar-refractivity contribution in [3.63, 3.8) is 0 Å². The Bertz CT molecular complexity index is 997. The molecule has 3 aliphatic rings. The average molecular weight is 469 g/mol. The summed E-state index contributed by atoms with van der Waals surface area (Å²) in [4.78, 5) is 7.18. The Kier molecular flexibility index (Phi) is 7.51. The minimum atomic E-state index is -0.0896. The smallest absolute Gasteiger partial charge is 0.167 e. The quantitative estimate of drug-likeness (QED) is 0.403. The van der Waals surface area contributed by atoms with Gasteiger partial charge in [0.2, 0.25) is 0 Å². The molecule has 2 aromatic rings. The standard InChI is InChI=1S/C26H36N4O2S/c1-5-17-14-30-11-9-18(17)12-24(30)25(29-26(33)28-23(15-31)16(2)3)20-8-10-27-22-7-6-19(32-4)13-21(20)22/h5-8,10,13,16-18,23-25,31H,1,9,11-12,14-15H2,2-4H3,(H2,28,29,33)/t17-,18?,23+,24+,25-/m0/s1. The van der Waals surface area contributed by atoms with Gasteiger partial charge in [-0.2, -0.15) is 0 Å². The molecule has 2 unspecified atom stereocenters. The molecule has 4 heterocycles. The second kappa shape index (κ2) is 10.4. The number of hydrogen-bond donors (Lipinski definition) is 3. The number of methoxy groups -OCH3 is 1. The number of thiocarbonyl (C=S) groups is 1. The molecule has 178 valence electrons. The lowest BCUT2D eigenvalue weighted by Gasteiger charge is -2.52. The van der Waals surface area contributed by atoms with E-state index in [-0.39, 0.29) is 24.6 Å². The topological polar surface area (TPSA) is 69.7 Å².